The molecular weight excluding hydrogens is 228 g/mol. The fourth-order valence-electron chi connectivity index (χ4n) is 1.15. The predicted octanol–water partition coefficient (Wildman–Crippen LogP) is 0.333. The van der Waals surface area contributed by atoms with Gasteiger partial charge in [0, 0.05) is 12.3 Å². The quantitative estimate of drug-likeness (QED) is 0.718. The van der Waals surface area contributed by atoms with Crippen LogP contribution in [0, 0.1) is 0 Å². The van der Waals surface area contributed by atoms with Gasteiger partial charge in [-0.15, -0.1) is 0 Å². The van der Waals surface area contributed by atoms with E-state index in [0.29, 0.717) is 11.5 Å². The first-order valence-electron chi connectivity index (χ1n) is 5.08. The summed E-state index contributed by atoms with van der Waals surface area (Å²) in [6.45, 7) is 2.90. The van der Waals surface area contributed by atoms with Gasteiger partial charge >= 0.3 is 5.97 Å². The Morgan fingerprint density at radius 3 is 3.12 bits per heavy atom. The van der Waals surface area contributed by atoms with E-state index in [1.54, 1.807) is 0 Å². The third-order valence-corrected chi connectivity index (χ3v) is 3.03. The van der Waals surface area contributed by atoms with E-state index in [9.17, 15) is 4.79 Å². The molecule has 0 amide bonds. The van der Waals surface area contributed by atoms with Crippen molar-refractivity contribution >= 4 is 17.7 Å². The highest BCUT2D eigenvalue weighted by molar-refractivity contribution is 7.98. The minimum Gasteiger partial charge on any atom is -0.480 e. The summed E-state index contributed by atoms with van der Waals surface area (Å²) in [5.41, 5.74) is 5.39. The highest BCUT2D eigenvalue weighted by Gasteiger charge is 2.12. The van der Waals surface area contributed by atoms with Crippen molar-refractivity contribution in [3.05, 3.63) is 12.2 Å². The summed E-state index contributed by atoms with van der Waals surface area (Å²) in [5.74, 6) is 0.918. The monoisotopic (exact) mass is 244 g/mol. The van der Waals surface area contributed by atoms with Crippen molar-refractivity contribution in [1.82, 2.24) is 14.8 Å². The lowest BCUT2D eigenvalue weighted by Crippen LogP contribution is -2.32. The predicted molar refractivity (Wildman–Crippen MR) is 62.1 cm³/mol. The van der Waals surface area contributed by atoms with E-state index < -0.39 is 12.0 Å². The molecule has 1 rings (SSSR count). The minimum atomic E-state index is -0.970. The molecule has 0 aliphatic heterocycles. The molecule has 7 heteroatoms. The van der Waals surface area contributed by atoms with E-state index in [2.05, 4.69) is 17.0 Å². The van der Waals surface area contributed by atoms with E-state index in [1.165, 1.54) is 18.1 Å². The number of carbonyl (C=O) groups is 1. The lowest BCUT2D eigenvalue weighted by molar-refractivity contribution is -0.137. The number of aromatic nitrogens is 3. The molecular formula is C9H16N4O2S. The molecule has 0 bridgehead atoms. The van der Waals surface area contributed by atoms with E-state index in [4.69, 9.17) is 10.8 Å². The van der Waals surface area contributed by atoms with Gasteiger partial charge in [-0.3, -0.25) is 4.79 Å². The average molecular weight is 244 g/mol. The molecule has 0 aliphatic rings. The van der Waals surface area contributed by atoms with E-state index in [-0.39, 0.29) is 0 Å². The number of thioether (sulfide) groups is 1. The smallest absolute Gasteiger partial charge is 0.321 e. The van der Waals surface area contributed by atoms with Crippen LogP contribution in [0.1, 0.15) is 19.2 Å². The number of nitrogens with two attached hydrogens (primary N) is 1. The van der Waals surface area contributed by atoms with Crippen LogP contribution in [-0.4, -0.2) is 37.6 Å². The van der Waals surface area contributed by atoms with E-state index >= 15 is 0 Å². The van der Waals surface area contributed by atoms with Crippen molar-refractivity contribution in [2.24, 2.45) is 5.73 Å². The Balaban J connectivity index is 2.36. The Hall–Kier alpha value is -1.08. The molecule has 90 valence electrons. The van der Waals surface area contributed by atoms with Crippen LogP contribution in [0.5, 0.6) is 0 Å². The summed E-state index contributed by atoms with van der Waals surface area (Å²) in [7, 11) is 0. The maximum absolute atomic E-state index is 10.5. The van der Waals surface area contributed by atoms with Gasteiger partial charge in [0.05, 0.1) is 5.75 Å². The number of carboxylic acids is 1. The fraction of sp³-hybridized carbons (Fsp3) is 0.667. The van der Waals surface area contributed by atoms with Gasteiger partial charge in [0.15, 0.2) is 0 Å². The molecule has 1 atom stereocenters. The van der Waals surface area contributed by atoms with Crippen LogP contribution in [0.3, 0.4) is 0 Å². The molecule has 0 saturated heterocycles. The van der Waals surface area contributed by atoms with E-state index in [0.717, 1.165) is 18.8 Å². The van der Waals surface area contributed by atoms with Crippen molar-refractivity contribution in [2.45, 2.75) is 31.7 Å². The molecule has 0 fully saturated rings. The highest BCUT2D eigenvalue weighted by atomic mass is 32.2. The van der Waals surface area contributed by atoms with Crippen LogP contribution >= 0.6 is 11.8 Å². The third-order valence-electron chi connectivity index (χ3n) is 1.98. The van der Waals surface area contributed by atoms with Gasteiger partial charge in [0.25, 0.3) is 0 Å². The molecule has 1 aromatic heterocycles. The molecule has 1 aromatic rings. The zero-order valence-electron chi connectivity index (χ0n) is 9.17. The largest absolute Gasteiger partial charge is 0.480 e. The van der Waals surface area contributed by atoms with Crippen LogP contribution in [0.4, 0.5) is 0 Å². The number of hydrogen-bond donors (Lipinski definition) is 2. The van der Waals surface area contributed by atoms with Crippen LogP contribution in [0.2, 0.25) is 0 Å². The summed E-state index contributed by atoms with van der Waals surface area (Å²) < 4.78 is 1.83. The lowest BCUT2D eigenvalue weighted by atomic mass is 10.4. The highest BCUT2D eigenvalue weighted by Crippen LogP contribution is 2.10. The van der Waals surface area contributed by atoms with Crippen molar-refractivity contribution in [2.75, 3.05) is 5.75 Å². The van der Waals surface area contributed by atoms with Crippen LogP contribution < -0.4 is 5.73 Å². The Labute approximate surface area is 98.2 Å². The van der Waals surface area contributed by atoms with Gasteiger partial charge in [-0.05, 0) is 6.42 Å². The summed E-state index contributed by atoms with van der Waals surface area (Å²) in [6, 6.07) is -0.812. The summed E-state index contributed by atoms with van der Waals surface area (Å²) in [6.07, 6.45) is 2.51. The molecule has 0 unspecified atom stereocenters. The SMILES string of the molecule is CCCn1ncnc1CSC[C@@H](N)C(=O)O. The number of nitrogens with zero attached hydrogens (tertiary/aromatic N) is 3. The molecule has 0 spiro atoms. The number of hydrogen-bond acceptors (Lipinski definition) is 5. The summed E-state index contributed by atoms with van der Waals surface area (Å²) >= 11 is 1.46. The number of aliphatic carboxylic acids is 1. The zero-order valence-corrected chi connectivity index (χ0v) is 9.98. The van der Waals surface area contributed by atoms with Crippen LogP contribution in [0.15, 0.2) is 6.33 Å². The van der Waals surface area contributed by atoms with Crippen molar-refractivity contribution in [3.63, 3.8) is 0 Å². The second kappa shape index (κ2) is 6.49. The number of rotatable bonds is 7. The lowest BCUT2D eigenvalue weighted by Gasteiger charge is -2.06. The maximum Gasteiger partial charge on any atom is 0.321 e. The van der Waals surface area contributed by atoms with Gasteiger partial charge in [0.1, 0.15) is 18.2 Å². The number of aryl methyl sites for hydroxylation is 1. The molecule has 1 heterocycles. The molecule has 0 aliphatic carbocycles. The van der Waals surface area contributed by atoms with Crippen LogP contribution in [0.25, 0.3) is 0 Å². The molecule has 0 aromatic carbocycles. The second-order valence-corrected chi connectivity index (χ2v) is 4.39. The first kappa shape index (κ1) is 13.0. The Kier molecular flexibility index (Phi) is 5.27. The Morgan fingerprint density at radius 2 is 2.50 bits per heavy atom. The number of carboxylic acid groups (broad SMARTS) is 1. The van der Waals surface area contributed by atoms with Gasteiger partial charge < -0.3 is 10.8 Å². The first-order chi connectivity index (χ1) is 7.65. The average Bonchev–Trinajstić information content (AvgIpc) is 2.66. The first-order valence-corrected chi connectivity index (χ1v) is 6.23. The molecule has 0 saturated carbocycles. The van der Waals surface area contributed by atoms with Crippen molar-refractivity contribution in [1.29, 1.82) is 0 Å². The zero-order chi connectivity index (χ0) is 12.0. The fourth-order valence-corrected chi connectivity index (χ4v) is 2.07. The minimum absolute atomic E-state index is 0.383. The Bertz CT molecular complexity index is 342. The van der Waals surface area contributed by atoms with Gasteiger partial charge in [-0.25, -0.2) is 9.67 Å². The normalized spacial score (nSPS) is 12.6. The molecule has 16 heavy (non-hydrogen) atoms. The second-order valence-electron chi connectivity index (χ2n) is 3.36. The summed E-state index contributed by atoms with van der Waals surface area (Å²) in [5, 5.41) is 12.7. The summed E-state index contributed by atoms with van der Waals surface area (Å²) in [4.78, 5) is 14.6. The molecule has 6 nitrogen and oxygen atoms in total. The standard InChI is InChI=1S/C9H16N4O2S/c1-2-3-13-8(11-6-12-13)5-16-4-7(10)9(14)15/h6-7H,2-5,10H2,1H3,(H,14,15)/t7-/m1/s1. The van der Waals surface area contributed by atoms with Crippen molar-refractivity contribution in [3.8, 4) is 0 Å². The topological polar surface area (TPSA) is 94.0 Å². The van der Waals surface area contributed by atoms with Gasteiger partial charge in [0.2, 0.25) is 0 Å². The van der Waals surface area contributed by atoms with E-state index in [1.807, 2.05) is 4.68 Å². The molecule has 3 N–H and O–H groups in total. The van der Waals surface area contributed by atoms with Crippen molar-refractivity contribution < 1.29 is 9.90 Å². The van der Waals surface area contributed by atoms with Crippen LogP contribution in [-0.2, 0) is 17.1 Å². The Morgan fingerprint density at radius 1 is 1.75 bits per heavy atom. The van der Waals surface area contributed by atoms with Gasteiger partial charge in [-0.2, -0.15) is 16.9 Å². The van der Waals surface area contributed by atoms with Gasteiger partial charge in [-0.1, -0.05) is 6.92 Å². The molecule has 0 radical (unpaired) electrons. The third kappa shape index (κ3) is 3.82. The maximum atomic E-state index is 10.5.